The van der Waals surface area contributed by atoms with Gasteiger partial charge in [-0.1, -0.05) is 37.0 Å². The second-order valence-electron chi connectivity index (χ2n) is 4.03. The zero-order valence-corrected chi connectivity index (χ0v) is 10.2. The highest BCUT2D eigenvalue weighted by atomic mass is 35.5. The number of hydrogen-bond acceptors (Lipinski definition) is 1. The fourth-order valence-corrected chi connectivity index (χ4v) is 2.01. The normalized spacial score (nSPS) is 11.5. The molecule has 0 spiro atoms. The summed E-state index contributed by atoms with van der Waals surface area (Å²) in [6, 6.07) is 5.67. The molecule has 0 N–H and O–H groups in total. The summed E-state index contributed by atoms with van der Waals surface area (Å²) in [6.45, 7) is 5.17. The average molecular weight is 243 g/mol. The molecule has 0 amide bonds. The Labute approximate surface area is 98.8 Å². The Hall–Kier alpha value is -0.730. The lowest BCUT2D eigenvalue weighted by atomic mass is 10.2. The van der Waals surface area contributed by atoms with Gasteiger partial charge in [0.2, 0.25) is 0 Å². The van der Waals surface area contributed by atoms with E-state index in [0.29, 0.717) is 16.1 Å². The zero-order valence-electron chi connectivity index (χ0n) is 8.67. The third-order valence-corrected chi connectivity index (χ3v) is 2.72. The van der Waals surface area contributed by atoms with Gasteiger partial charge in [-0.25, -0.2) is 0 Å². The lowest BCUT2D eigenvalue weighted by Crippen LogP contribution is -2.05. The minimum Gasteiger partial charge on any atom is -0.263 e. The van der Waals surface area contributed by atoms with Crippen molar-refractivity contribution in [2.24, 2.45) is 5.92 Å². The Morgan fingerprint density at radius 1 is 1.33 bits per heavy atom. The van der Waals surface area contributed by atoms with Gasteiger partial charge in [-0.05, 0) is 24.1 Å². The molecule has 0 fully saturated rings. The van der Waals surface area contributed by atoms with Crippen molar-refractivity contribution in [3.8, 4) is 0 Å². The zero-order chi connectivity index (χ0) is 11.0. The molecule has 4 heteroatoms. The number of aromatic nitrogens is 2. The van der Waals surface area contributed by atoms with Crippen molar-refractivity contribution in [2.75, 3.05) is 0 Å². The molecule has 0 aliphatic carbocycles. The van der Waals surface area contributed by atoms with E-state index in [1.54, 1.807) is 0 Å². The highest BCUT2D eigenvalue weighted by Gasteiger charge is 2.09. The van der Waals surface area contributed by atoms with Crippen LogP contribution < -0.4 is 0 Å². The van der Waals surface area contributed by atoms with Gasteiger partial charge in [-0.15, -0.1) is 0 Å². The molecular weight excluding hydrogens is 231 g/mol. The standard InChI is InChI=1S/C11H12Cl2N2/c1-7(2)6-15-10-4-3-8(12)5-9(10)11(13)14-15/h3-5,7H,6H2,1-2H3. The first-order valence-electron chi connectivity index (χ1n) is 4.89. The molecule has 2 rings (SSSR count). The van der Waals surface area contributed by atoms with Crippen molar-refractivity contribution < 1.29 is 0 Å². The average Bonchev–Trinajstić information content (AvgIpc) is 2.42. The van der Waals surface area contributed by atoms with Crippen molar-refractivity contribution in [3.05, 3.63) is 28.4 Å². The molecule has 0 bridgehead atoms. The summed E-state index contributed by atoms with van der Waals surface area (Å²) in [5.41, 5.74) is 1.04. The molecule has 0 aliphatic rings. The van der Waals surface area contributed by atoms with E-state index in [0.717, 1.165) is 17.4 Å². The number of rotatable bonds is 2. The Bertz CT molecular complexity index is 489. The number of nitrogens with zero attached hydrogens (tertiary/aromatic N) is 2. The van der Waals surface area contributed by atoms with E-state index in [1.165, 1.54) is 0 Å². The second kappa shape index (κ2) is 4.03. The summed E-state index contributed by atoms with van der Waals surface area (Å²) in [6.07, 6.45) is 0. The molecule has 1 aromatic heterocycles. The lowest BCUT2D eigenvalue weighted by Gasteiger charge is -2.05. The monoisotopic (exact) mass is 242 g/mol. The molecule has 0 unspecified atom stereocenters. The van der Waals surface area contributed by atoms with Crippen molar-refractivity contribution in [2.45, 2.75) is 20.4 Å². The molecule has 0 atom stereocenters. The minimum absolute atomic E-state index is 0.521. The molecule has 80 valence electrons. The van der Waals surface area contributed by atoms with Gasteiger partial charge in [0, 0.05) is 17.0 Å². The third-order valence-electron chi connectivity index (χ3n) is 2.21. The van der Waals surface area contributed by atoms with E-state index < -0.39 is 0 Å². The molecule has 2 nitrogen and oxygen atoms in total. The van der Waals surface area contributed by atoms with Crippen molar-refractivity contribution >= 4 is 34.1 Å². The fourth-order valence-electron chi connectivity index (χ4n) is 1.60. The summed E-state index contributed by atoms with van der Waals surface area (Å²) >= 11 is 12.0. The predicted molar refractivity (Wildman–Crippen MR) is 64.6 cm³/mol. The van der Waals surface area contributed by atoms with E-state index in [2.05, 4.69) is 18.9 Å². The van der Waals surface area contributed by atoms with Crippen LogP contribution in [-0.2, 0) is 6.54 Å². The highest BCUT2D eigenvalue weighted by Crippen LogP contribution is 2.26. The molecule has 0 saturated carbocycles. The van der Waals surface area contributed by atoms with Gasteiger partial charge in [-0.2, -0.15) is 5.10 Å². The summed E-state index contributed by atoms with van der Waals surface area (Å²) in [5, 5.41) is 6.43. The van der Waals surface area contributed by atoms with Gasteiger partial charge in [0.05, 0.1) is 5.52 Å². The third kappa shape index (κ3) is 2.11. The molecule has 15 heavy (non-hydrogen) atoms. The van der Waals surface area contributed by atoms with Crippen LogP contribution in [0.4, 0.5) is 0 Å². The summed E-state index contributed by atoms with van der Waals surface area (Å²) < 4.78 is 1.93. The Morgan fingerprint density at radius 3 is 2.73 bits per heavy atom. The number of halogens is 2. The van der Waals surface area contributed by atoms with E-state index in [-0.39, 0.29) is 0 Å². The summed E-state index contributed by atoms with van der Waals surface area (Å²) in [7, 11) is 0. The Kier molecular flexibility index (Phi) is 2.89. The van der Waals surface area contributed by atoms with Crippen molar-refractivity contribution in [3.63, 3.8) is 0 Å². The maximum atomic E-state index is 6.04. The van der Waals surface area contributed by atoms with E-state index in [9.17, 15) is 0 Å². The maximum absolute atomic E-state index is 6.04. The van der Waals surface area contributed by atoms with Crippen molar-refractivity contribution in [1.82, 2.24) is 9.78 Å². The van der Waals surface area contributed by atoms with E-state index in [4.69, 9.17) is 23.2 Å². The van der Waals surface area contributed by atoms with Crippen LogP contribution in [0.5, 0.6) is 0 Å². The van der Waals surface area contributed by atoms with Crippen LogP contribution in [-0.4, -0.2) is 9.78 Å². The Balaban J connectivity index is 2.57. The van der Waals surface area contributed by atoms with Gasteiger partial charge >= 0.3 is 0 Å². The number of fused-ring (bicyclic) bond motifs is 1. The smallest absolute Gasteiger partial charge is 0.158 e. The second-order valence-corrected chi connectivity index (χ2v) is 4.82. The van der Waals surface area contributed by atoms with Gasteiger partial charge in [0.15, 0.2) is 5.15 Å². The first-order chi connectivity index (χ1) is 7.08. The number of hydrogen-bond donors (Lipinski definition) is 0. The molecule has 0 saturated heterocycles. The molecule has 1 aromatic carbocycles. The topological polar surface area (TPSA) is 17.8 Å². The number of benzene rings is 1. The van der Waals surface area contributed by atoms with Gasteiger partial charge < -0.3 is 0 Å². The van der Waals surface area contributed by atoms with Gasteiger partial charge in [0.1, 0.15) is 0 Å². The quantitative estimate of drug-likeness (QED) is 0.779. The SMILES string of the molecule is CC(C)Cn1nc(Cl)c2cc(Cl)ccc21. The molecule has 0 radical (unpaired) electrons. The largest absolute Gasteiger partial charge is 0.263 e. The van der Waals surface area contributed by atoms with Crippen LogP contribution in [0.15, 0.2) is 18.2 Å². The fraction of sp³-hybridized carbons (Fsp3) is 0.364. The van der Waals surface area contributed by atoms with Crippen LogP contribution >= 0.6 is 23.2 Å². The highest BCUT2D eigenvalue weighted by molar-refractivity contribution is 6.35. The molecule has 0 aliphatic heterocycles. The van der Waals surface area contributed by atoms with Crippen LogP contribution in [0.2, 0.25) is 10.2 Å². The van der Waals surface area contributed by atoms with Crippen LogP contribution in [0, 0.1) is 5.92 Å². The van der Waals surface area contributed by atoms with E-state index in [1.807, 2.05) is 22.9 Å². The maximum Gasteiger partial charge on any atom is 0.158 e. The van der Waals surface area contributed by atoms with Crippen LogP contribution in [0.25, 0.3) is 10.9 Å². The Morgan fingerprint density at radius 2 is 2.07 bits per heavy atom. The van der Waals surface area contributed by atoms with Gasteiger partial charge in [0.25, 0.3) is 0 Å². The molecule has 2 aromatic rings. The van der Waals surface area contributed by atoms with Gasteiger partial charge in [-0.3, -0.25) is 4.68 Å². The lowest BCUT2D eigenvalue weighted by molar-refractivity contribution is 0.495. The first kappa shape index (κ1) is 10.8. The molecule has 1 heterocycles. The first-order valence-corrected chi connectivity index (χ1v) is 5.65. The van der Waals surface area contributed by atoms with Crippen LogP contribution in [0.3, 0.4) is 0 Å². The predicted octanol–water partition coefficient (Wildman–Crippen LogP) is 4.00. The minimum atomic E-state index is 0.521. The summed E-state index contributed by atoms with van der Waals surface area (Å²) in [5.74, 6) is 0.542. The summed E-state index contributed by atoms with van der Waals surface area (Å²) in [4.78, 5) is 0. The molecular formula is C11H12Cl2N2. The van der Waals surface area contributed by atoms with Crippen LogP contribution in [0.1, 0.15) is 13.8 Å². The van der Waals surface area contributed by atoms with E-state index >= 15 is 0 Å². The van der Waals surface area contributed by atoms with Crippen molar-refractivity contribution in [1.29, 1.82) is 0 Å².